The van der Waals surface area contributed by atoms with Gasteiger partial charge in [0.25, 0.3) is 0 Å². The molecule has 4 N–H and O–H groups in total. The van der Waals surface area contributed by atoms with Gasteiger partial charge in [0.15, 0.2) is 0 Å². The number of hydrogen-bond donors (Lipinski definition) is 3. The summed E-state index contributed by atoms with van der Waals surface area (Å²) >= 11 is 0. The third-order valence-electron chi connectivity index (χ3n) is 2.07. The van der Waals surface area contributed by atoms with Gasteiger partial charge in [-0.2, -0.15) is 0 Å². The van der Waals surface area contributed by atoms with Crippen LogP contribution in [0.3, 0.4) is 0 Å². The molecule has 1 aromatic rings. The van der Waals surface area contributed by atoms with Crippen molar-refractivity contribution in [3.8, 4) is 0 Å². The van der Waals surface area contributed by atoms with Gasteiger partial charge in [0, 0.05) is 29.4 Å². The van der Waals surface area contributed by atoms with E-state index in [4.69, 9.17) is 10.8 Å². The number of halogens is 1. The second-order valence-electron chi connectivity index (χ2n) is 3.43. The maximum absolute atomic E-state index is 13.3. The summed E-state index contributed by atoms with van der Waals surface area (Å²) in [5.74, 6) is -1.82. The monoisotopic (exact) mass is 260 g/mol. The largest absolute Gasteiger partial charge is 0.478 e. The molecule has 94 valence electrons. The minimum Gasteiger partial charge on any atom is -0.478 e. The van der Waals surface area contributed by atoms with Gasteiger partial charge in [-0.05, 0) is 12.1 Å². The Morgan fingerprint density at radius 1 is 1.59 bits per heavy atom. The summed E-state index contributed by atoms with van der Waals surface area (Å²) in [6, 6.07) is 2.08. The molecular formula is C10H13FN2O3S. The summed E-state index contributed by atoms with van der Waals surface area (Å²) in [4.78, 5) is 10.6. The zero-order valence-electron chi connectivity index (χ0n) is 9.20. The van der Waals surface area contributed by atoms with Crippen molar-refractivity contribution in [1.82, 2.24) is 0 Å². The molecule has 0 aliphatic carbocycles. The van der Waals surface area contributed by atoms with Crippen LogP contribution in [0.5, 0.6) is 0 Å². The van der Waals surface area contributed by atoms with E-state index in [1.807, 2.05) is 0 Å². The molecule has 0 fully saturated rings. The summed E-state index contributed by atoms with van der Waals surface area (Å²) in [5, 5.41) is 11.5. The van der Waals surface area contributed by atoms with Crippen LogP contribution >= 0.6 is 0 Å². The average Bonchev–Trinajstić information content (AvgIpc) is 2.21. The number of anilines is 2. The van der Waals surface area contributed by atoms with E-state index >= 15 is 0 Å². The molecular weight excluding hydrogens is 247 g/mol. The third kappa shape index (κ3) is 3.70. The predicted molar refractivity (Wildman–Crippen MR) is 65.2 cm³/mol. The van der Waals surface area contributed by atoms with Gasteiger partial charge < -0.3 is 16.2 Å². The minimum absolute atomic E-state index is 0.144. The van der Waals surface area contributed by atoms with Crippen LogP contribution < -0.4 is 11.1 Å². The van der Waals surface area contributed by atoms with E-state index < -0.39 is 28.1 Å². The lowest BCUT2D eigenvalue weighted by Gasteiger charge is -2.10. The molecule has 1 atom stereocenters. The number of nitrogens with two attached hydrogens (primary N) is 1. The second kappa shape index (κ2) is 5.62. The molecule has 0 aromatic heterocycles. The van der Waals surface area contributed by atoms with E-state index in [9.17, 15) is 13.4 Å². The molecule has 0 radical (unpaired) electrons. The van der Waals surface area contributed by atoms with Crippen molar-refractivity contribution in [2.45, 2.75) is 0 Å². The fraction of sp³-hybridized carbons (Fsp3) is 0.300. The van der Waals surface area contributed by atoms with Gasteiger partial charge in [-0.15, -0.1) is 0 Å². The van der Waals surface area contributed by atoms with Crippen LogP contribution in [0, 0.1) is 5.82 Å². The molecule has 7 heteroatoms. The van der Waals surface area contributed by atoms with Crippen LogP contribution in [0.15, 0.2) is 12.1 Å². The highest BCUT2D eigenvalue weighted by Crippen LogP contribution is 2.22. The van der Waals surface area contributed by atoms with E-state index in [0.717, 1.165) is 12.1 Å². The normalized spacial score (nSPS) is 12.1. The first-order valence-corrected chi connectivity index (χ1v) is 6.50. The van der Waals surface area contributed by atoms with Gasteiger partial charge in [-0.1, -0.05) is 0 Å². The molecule has 5 nitrogen and oxygen atoms in total. The van der Waals surface area contributed by atoms with Crippen LogP contribution in [0.1, 0.15) is 10.4 Å². The summed E-state index contributed by atoms with van der Waals surface area (Å²) < 4.78 is 24.1. The maximum atomic E-state index is 13.3. The number of nitrogen functional groups attached to an aromatic ring is 1. The standard InChI is InChI=1S/C10H13FN2O3S/c1-17(16)3-2-13-9-5-7(11)6(10(14)15)4-8(9)12/h4-5,13H,2-3,12H2,1H3,(H,14,15). The van der Waals surface area contributed by atoms with Gasteiger partial charge in [0.1, 0.15) is 5.82 Å². The topological polar surface area (TPSA) is 92.4 Å². The van der Waals surface area contributed by atoms with Gasteiger partial charge >= 0.3 is 5.97 Å². The van der Waals surface area contributed by atoms with Crippen molar-refractivity contribution in [3.63, 3.8) is 0 Å². The van der Waals surface area contributed by atoms with Crippen LogP contribution in [0.2, 0.25) is 0 Å². The molecule has 1 unspecified atom stereocenters. The second-order valence-corrected chi connectivity index (χ2v) is 4.98. The Bertz CT molecular complexity index is 465. The zero-order valence-corrected chi connectivity index (χ0v) is 10.0. The Hall–Kier alpha value is -1.63. The highest BCUT2D eigenvalue weighted by atomic mass is 32.2. The van der Waals surface area contributed by atoms with E-state index in [2.05, 4.69) is 5.32 Å². The summed E-state index contributed by atoms with van der Waals surface area (Å²) in [6.45, 7) is 0.374. The lowest BCUT2D eigenvalue weighted by Crippen LogP contribution is -2.12. The van der Waals surface area contributed by atoms with Crippen molar-refractivity contribution >= 4 is 28.1 Å². The van der Waals surface area contributed by atoms with Gasteiger partial charge in [0.2, 0.25) is 0 Å². The third-order valence-corrected chi connectivity index (χ3v) is 2.85. The molecule has 0 heterocycles. The number of carbonyl (C=O) groups is 1. The van der Waals surface area contributed by atoms with Crippen LogP contribution in [0.25, 0.3) is 0 Å². The van der Waals surface area contributed by atoms with Crippen molar-refractivity contribution in [2.24, 2.45) is 0 Å². The van der Waals surface area contributed by atoms with Crippen molar-refractivity contribution in [2.75, 3.05) is 29.6 Å². The SMILES string of the molecule is CS(=O)CCNc1cc(F)c(C(=O)O)cc1N. The highest BCUT2D eigenvalue weighted by molar-refractivity contribution is 7.84. The molecule has 0 saturated heterocycles. The number of carboxylic acid groups (broad SMARTS) is 1. The van der Waals surface area contributed by atoms with Crippen molar-refractivity contribution < 1.29 is 18.5 Å². The summed E-state index contributed by atoms with van der Waals surface area (Å²) in [6.07, 6.45) is 1.55. The average molecular weight is 260 g/mol. The van der Waals surface area contributed by atoms with E-state index in [1.54, 1.807) is 6.26 Å². The van der Waals surface area contributed by atoms with Crippen LogP contribution in [-0.2, 0) is 10.8 Å². The molecule has 0 aliphatic rings. The molecule has 1 rings (SSSR count). The number of rotatable bonds is 5. The zero-order chi connectivity index (χ0) is 13.0. The Morgan fingerprint density at radius 2 is 2.24 bits per heavy atom. The number of nitrogens with one attached hydrogen (secondary N) is 1. The maximum Gasteiger partial charge on any atom is 0.338 e. The Morgan fingerprint density at radius 3 is 2.76 bits per heavy atom. The predicted octanol–water partition coefficient (Wildman–Crippen LogP) is 0.896. The number of hydrogen-bond acceptors (Lipinski definition) is 4. The highest BCUT2D eigenvalue weighted by Gasteiger charge is 2.13. The Labute approximate surface area is 100 Å². The van der Waals surface area contributed by atoms with E-state index in [0.29, 0.717) is 18.0 Å². The van der Waals surface area contributed by atoms with Crippen molar-refractivity contribution in [1.29, 1.82) is 0 Å². The lowest BCUT2D eigenvalue weighted by molar-refractivity contribution is 0.0692. The number of benzene rings is 1. The molecule has 0 bridgehead atoms. The quantitative estimate of drug-likeness (QED) is 0.684. The fourth-order valence-electron chi connectivity index (χ4n) is 1.24. The molecule has 0 saturated carbocycles. The molecule has 0 spiro atoms. The molecule has 1 aromatic carbocycles. The Kier molecular flexibility index (Phi) is 4.45. The van der Waals surface area contributed by atoms with E-state index in [1.165, 1.54) is 0 Å². The lowest BCUT2D eigenvalue weighted by atomic mass is 10.1. The first-order chi connectivity index (χ1) is 7.91. The van der Waals surface area contributed by atoms with Crippen molar-refractivity contribution in [3.05, 3.63) is 23.5 Å². The molecule has 17 heavy (non-hydrogen) atoms. The fourth-order valence-corrected chi connectivity index (χ4v) is 1.63. The van der Waals surface area contributed by atoms with Gasteiger partial charge in [0.05, 0.1) is 16.9 Å². The van der Waals surface area contributed by atoms with E-state index in [-0.39, 0.29) is 5.69 Å². The van der Waals surface area contributed by atoms with Gasteiger partial charge in [-0.3, -0.25) is 4.21 Å². The Balaban J connectivity index is 2.84. The first kappa shape index (κ1) is 13.4. The first-order valence-electron chi connectivity index (χ1n) is 4.78. The number of carboxylic acids is 1. The van der Waals surface area contributed by atoms with Crippen LogP contribution in [-0.4, -0.2) is 33.8 Å². The molecule has 0 amide bonds. The van der Waals surface area contributed by atoms with Gasteiger partial charge in [-0.25, -0.2) is 9.18 Å². The minimum atomic E-state index is -1.37. The smallest absolute Gasteiger partial charge is 0.338 e. The van der Waals surface area contributed by atoms with Crippen LogP contribution in [0.4, 0.5) is 15.8 Å². The summed E-state index contributed by atoms with van der Waals surface area (Å²) in [5.41, 5.74) is 5.56. The molecule has 0 aliphatic heterocycles. The number of aromatic carboxylic acids is 1. The summed E-state index contributed by atoms with van der Waals surface area (Å²) in [7, 11) is -0.954.